The molecule has 1 nitrogen and oxygen atoms in total. The number of nitrogens with zero attached hydrogens (tertiary/aromatic N) is 1. The molecule has 0 bridgehead atoms. The van der Waals surface area contributed by atoms with E-state index < -0.39 is 0 Å². The molecular weight excluding hydrogens is 518 g/mol. The molecule has 0 atom stereocenters. The molecule has 7 rings (SSSR count). The lowest BCUT2D eigenvalue weighted by molar-refractivity contribution is 1.33. The van der Waals surface area contributed by atoms with E-state index in [1.165, 1.54) is 60.1 Å². The summed E-state index contributed by atoms with van der Waals surface area (Å²) in [6.45, 7) is 9.68. The van der Waals surface area contributed by atoms with Crippen LogP contribution in [0.25, 0.3) is 71.3 Å². The Kier molecular flexibility index (Phi) is 6.77. The largest absolute Gasteiger partial charge is 0.269 e. The van der Waals surface area contributed by atoms with Crippen LogP contribution in [0.5, 0.6) is 0 Å². The van der Waals surface area contributed by atoms with Gasteiger partial charge in [-0.1, -0.05) is 134 Å². The van der Waals surface area contributed by atoms with E-state index in [2.05, 4.69) is 158 Å². The second-order valence-electron chi connectivity index (χ2n) is 10.9. The van der Waals surface area contributed by atoms with E-state index in [-0.39, 0.29) is 0 Å². The van der Waals surface area contributed by atoms with Crippen molar-refractivity contribution in [2.75, 3.05) is 0 Å². The van der Waals surface area contributed by atoms with Crippen LogP contribution in [0.4, 0.5) is 0 Å². The van der Waals surface area contributed by atoms with Gasteiger partial charge in [0.1, 0.15) is 0 Å². The van der Waals surface area contributed by atoms with E-state index >= 15 is 0 Å². The molecule has 0 N–H and O–H groups in total. The Hall–Kier alpha value is -5.53. The number of benzene rings is 7. The maximum absolute atomic E-state index is 4.14. The molecule has 0 unspecified atom stereocenters. The van der Waals surface area contributed by atoms with Crippen LogP contribution in [-0.2, 0) is 0 Å². The van der Waals surface area contributed by atoms with Gasteiger partial charge in [-0.15, -0.1) is 0 Å². The van der Waals surface area contributed by atoms with Gasteiger partial charge in [-0.2, -0.15) is 0 Å². The van der Waals surface area contributed by atoms with Crippen LogP contribution in [0, 0.1) is 0 Å². The topological polar surface area (TPSA) is 12.4 Å². The highest BCUT2D eigenvalue weighted by Crippen LogP contribution is 2.44. The first kappa shape index (κ1) is 26.4. The molecule has 0 saturated heterocycles. The quantitative estimate of drug-likeness (QED) is 0.111. The van der Waals surface area contributed by atoms with Gasteiger partial charge in [0.25, 0.3) is 0 Å². The lowest BCUT2D eigenvalue weighted by atomic mass is 9.85. The summed E-state index contributed by atoms with van der Waals surface area (Å²) >= 11 is 0. The van der Waals surface area contributed by atoms with Crippen LogP contribution >= 0.6 is 0 Å². The Bertz CT molecular complexity index is 2160. The Labute approximate surface area is 252 Å². The van der Waals surface area contributed by atoms with Gasteiger partial charge < -0.3 is 0 Å². The summed E-state index contributed by atoms with van der Waals surface area (Å²) in [4.78, 5) is 4.14. The molecule has 0 radical (unpaired) electrons. The number of hydrogen-bond donors (Lipinski definition) is 0. The second kappa shape index (κ2) is 11.0. The monoisotopic (exact) mass is 549 g/mol. The Morgan fingerprint density at radius 3 is 1.63 bits per heavy atom. The summed E-state index contributed by atoms with van der Waals surface area (Å²) in [5.41, 5.74) is 10.3. The Morgan fingerprint density at radius 1 is 0.512 bits per heavy atom. The minimum absolute atomic E-state index is 0.869. The summed E-state index contributed by atoms with van der Waals surface area (Å²) in [5, 5.41) is 7.49. The van der Waals surface area contributed by atoms with Crippen molar-refractivity contribution >= 4 is 44.6 Å². The average Bonchev–Trinajstić information content (AvgIpc) is 3.07. The second-order valence-corrected chi connectivity index (χ2v) is 10.9. The van der Waals surface area contributed by atoms with Gasteiger partial charge >= 0.3 is 0 Å². The summed E-state index contributed by atoms with van der Waals surface area (Å²) < 4.78 is 0. The molecule has 1 heteroatoms. The fraction of sp³-hybridized carbons (Fsp3) is 0.0238. The molecule has 0 spiro atoms. The molecule has 0 fully saturated rings. The first-order chi connectivity index (χ1) is 21.2. The van der Waals surface area contributed by atoms with Crippen molar-refractivity contribution < 1.29 is 0 Å². The molecule has 0 aliphatic heterocycles. The number of allylic oxidation sites excluding steroid dienone is 3. The van der Waals surface area contributed by atoms with Gasteiger partial charge in [-0.3, -0.25) is 4.99 Å². The fourth-order valence-electron chi connectivity index (χ4n) is 6.36. The number of fused-ring (bicyclic) bond motifs is 3. The predicted molar refractivity (Wildman–Crippen MR) is 188 cm³/mol. The van der Waals surface area contributed by atoms with Crippen molar-refractivity contribution in [2.45, 2.75) is 6.92 Å². The van der Waals surface area contributed by atoms with Crippen molar-refractivity contribution in [1.82, 2.24) is 0 Å². The fourth-order valence-corrected chi connectivity index (χ4v) is 6.36. The Balaban J connectivity index is 1.43. The minimum Gasteiger partial charge on any atom is -0.269 e. The van der Waals surface area contributed by atoms with E-state index in [0.717, 1.165) is 22.4 Å². The van der Waals surface area contributed by atoms with E-state index in [0.29, 0.717) is 0 Å². The standard InChI is InChI=1S/C42H31N/c1-4-36(28(2)43-3)33-16-12-15-31(25-33)32-23-21-29-22-24-34(27-35(29)26-32)42-39-19-10-8-17-37(39)41(30-13-6-5-7-14-30)38-18-9-11-20-40(38)42/h4-27H,1,3H2,2H3/b36-28+. The van der Waals surface area contributed by atoms with Gasteiger partial charge in [0.2, 0.25) is 0 Å². The van der Waals surface area contributed by atoms with Crippen LogP contribution in [0.15, 0.2) is 163 Å². The highest BCUT2D eigenvalue weighted by atomic mass is 14.7. The van der Waals surface area contributed by atoms with E-state index in [1.54, 1.807) is 0 Å². The predicted octanol–water partition coefficient (Wildman–Crippen LogP) is 11.8. The third kappa shape index (κ3) is 4.66. The van der Waals surface area contributed by atoms with E-state index in [4.69, 9.17) is 0 Å². The molecule has 0 saturated carbocycles. The zero-order chi connectivity index (χ0) is 29.3. The van der Waals surface area contributed by atoms with Gasteiger partial charge in [-0.25, -0.2) is 0 Å². The van der Waals surface area contributed by atoms with E-state index in [9.17, 15) is 0 Å². The van der Waals surface area contributed by atoms with Crippen LogP contribution < -0.4 is 0 Å². The summed E-state index contributed by atoms with van der Waals surface area (Å²) in [5.74, 6) is 0. The first-order valence-corrected chi connectivity index (χ1v) is 14.6. The van der Waals surface area contributed by atoms with Crippen molar-refractivity contribution in [2.24, 2.45) is 4.99 Å². The van der Waals surface area contributed by atoms with Gasteiger partial charge in [0.05, 0.1) is 0 Å². The maximum atomic E-state index is 4.14. The summed E-state index contributed by atoms with van der Waals surface area (Å²) in [7, 11) is 0. The number of hydrogen-bond acceptors (Lipinski definition) is 1. The van der Waals surface area contributed by atoms with Crippen molar-refractivity contribution in [3.8, 4) is 33.4 Å². The molecule has 0 aliphatic carbocycles. The normalized spacial score (nSPS) is 11.9. The molecular formula is C42H31N. The molecule has 0 heterocycles. The van der Waals surface area contributed by atoms with Crippen molar-refractivity contribution in [1.29, 1.82) is 0 Å². The first-order valence-electron chi connectivity index (χ1n) is 14.6. The molecule has 7 aromatic rings. The van der Waals surface area contributed by atoms with E-state index in [1.807, 2.05) is 13.0 Å². The zero-order valence-corrected chi connectivity index (χ0v) is 24.2. The van der Waals surface area contributed by atoms with Crippen LogP contribution in [-0.4, -0.2) is 6.72 Å². The molecule has 43 heavy (non-hydrogen) atoms. The van der Waals surface area contributed by atoms with Crippen molar-refractivity contribution in [3.05, 3.63) is 163 Å². The van der Waals surface area contributed by atoms with Gasteiger partial charge in [0.15, 0.2) is 0 Å². The molecule has 0 aromatic heterocycles. The number of aliphatic imine (C=N–C) groups is 1. The maximum Gasteiger partial charge on any atom is 0.0443 e. The average molecular weight is 550 g/mol. The van der Waals surface area contributed by atoms with Gasteiger partial charge in [-0.05, 0) is 103 Å². The lowest BCUT2D eigenvalue weighted by Crippen LogP contribution is -1.91. The zero-order valence-electron chi connectivity index (χ0n) is 24.2. The SMILES string of the molecule is C=C/C(=C(/C)N=C)c1cccc(-c2ccc3ccc(-c4c5ccccc5c(-c5ccccc5)c5ccccc45)cc3c2)c1. The summed E-state index contributed by atoms with van der Waals surface area (Å²) in [6, 6.07) is 50.5. The van der Waals surface area contributed by atoms with Gasteiger partial charge in [0, 0.05) is 11.3 Å². The molecule has 0 amide bonds. The highest BCUT2D eigenvalue weighted by molar-refractivity contribution is 6.21. The number of rotatable bonds is 6. The minimum atomic E-state index is 0.869. The van der Waals surface area contributed by atoms with Crippen LogP contribution in [0.3, 0.4) is 0 Å². The Morgan fingerprint density at radius 2 is 1.02 bits per heavy atom. The van der Waals surface area contributed by atoms with Crippen LogP contribution in [0.1, 0.15) is 12.5 Å². The summed E-state index contributed by atoms with van der Waals surface area (Å²) in [6.07, 6.45) is 1.85. The third-order valence-electron chi connectivity index (χ3n) is 8.46. The molecule has 7 aromatic carbocycles. The van der Waals surface area contributed by atoms with Crippen LogP contribution in [0.2, 0.25) is 0 Å². The molecule has 204 valence electrons. The molecule has 0 aliphatic rings. The highest BCUT2D eigenvalue weighted by Gasteiger charge is 2.16. The smallest absolute Gasteiger partial charge is 0.0443 e. The van der Waals surface area contributed by atoms with Crippen molar-refractivity contribution in [3.63, 3.8) is 0 Å². The third-order valence-corrected chi connectivity index (χ3v) is 8.46. The lowest BCUT2D eigenvalue weighted by Gasteiger charge is -2.18.